The van der Waals surface area contributed by atoms with E-state index in [1.807, 2.05) is 48.5 Å². The third kappa shape index (κ3) is 7.32. The topological polar surface area (TPSA) is 174 Å². The van der Waals surface area contributed by atoms with Crippen LogP contribution >= 0.6 is 31.9 Å². The van der Waals surface area contributed by atoms with Gasteiger partial charge in [-0.3, -0.25) is 20.2 Å². The summed E-state index contributed by atoms with van der Waals surface area (Å²) < 4.78 is 23.3. The van der Waals surface area contributed by atoms with Gasteiger partial charge in [-0.1, -0.05) is 66.4 Å². The molecular formula is C33H20Br2N4O9. The zero-order chi connectivity index (χ0) is 33.8. The van der Waals surface area contributed by atoms with Crippen molar-refractivity contribution in [1.82, 2.24) is 10.3 Å². The van der Waals surface area contributed by atoms with Gasteiger partial charge >= 0.3 is 6.16 Å². The van der Waals surface area contributed by atoms with Gasteiger partial charge in [-0.2, -0.15) is 0 Å². The van der Waals surface area contributed by atoms with E-state index in [1.165, 1.54) is 48.9 Å². The smallest absolute Gasteiger partial charge is 0.394 e. The highest BCUT2D eigenvalue weighted by atomic mass is 79.9. The molecule has 2 heterocycles. The molecule has 0 aliphatic heterocycles. The number of carbonyl (C=O) groups is 1. The lowest BCUT2D eigenvalue weighted by Crippen LogP contribution is -2.16. The largest absolute Gasteiger partial charge is 0.519 e. The Hall–Kier alpha value is -5.67. The maximum atomic E-state index is 13.2. The molecule has 0 saturated carbocycles. The summed E-state index contributed by atoms with van der Waals surface area (Å²) in [6.45, 7) is 0. The number of nitrogens with zero attached hydrogens (tertiary/aromatic N) is 4. The summed E-state index contributed by atoms with van der Waals surface area (Å²) in [6.07, 6.45) is 1.76. The summed E-state index contributed by atoms with van der Waals surface area (Å²) in [4.78, 5) is 35.2. The number of nitro benzene ring substituents is 2. The van der Waals surface area contributed by atoms with Gasteiger partial charge < -0.3 is 18.5 Å². The Morgan fingerprint density at radius 2 is 1.04 bits per heavy atom. The van der Waals surface area contributed by atoms with Crippen molar-refractivity contribution in [1.29, 1.82) is 0 Å². The number of rotatable bonds is 10. The average Bonchev–Trinajstić information content (AvgIpc) is 3.73. The Kier molecular flexibility index (Phi) is 9.40. The number of nitro groups is 2. The second kappa shape index (κ2) is 14.0. The van der Waals surface area contributed by atoms with Crippen LogP contribution in [-0.2, 0) is 12.8 Å². The highest BCUT2D eigenvalue weighted by Gasteiger charge is 2.22. The van der Waals surface area contributed by atoms with Crippen molar-refractivity contribution in [2.45, 2.75) is 12.8 Å². The molecule has 0 aliphatic carbocycles. The Morgan fingerprint density at radius 3 is 1.42 bits per heavy atom. The zero-order valence-electron chi connectivity index (χ0n) is 24.4. The van der Waals surface area contributed by atoms with Gasteiger partial charge in [0.05, 0.1) is 21.2 Å². The Bertz CT molecular complexity index is 1990. The summed E-state index contributed by atoms with van der Waals surface area (Å²) in [6, 6.07) is 22.3. The number of ether oxygens (including phenoxy) is 2. The molecule has 6 rings (SSSR count). The van der Waals surface area contributed by atoms with Gasteiger partial charge in [0.2, 0.25) is 0 Å². The van der Waals surface area contributed by atoms with E-state index in [1.54, 1.807) is 0 Å². The van der Waals surface area contributed by atoms with Crippen LogP contribution in [0.2, 0.25) is 0 Å². The van der Waals surface area contributed by atoms with Crippen LogP contribution < -0.4 is 9.47 Å². The van der Waals surface area contributed by atoms with Crippen LogP contribution in [0.1, 0.15) is 22.5 Å². The number of carbonyl (C=O) groups excluding carboxylic acids is 1. The second-order valence-corrected chi connectivity index (χ2v) is 12.1. The monoisotopic (exact) mass is 774 g/mol. The maximum absolute atomic E-state index is 13.2. The molecule has 0 amide bonds. The highest BCUT2D eigenvalue weighted by molar-refractivity contribution is 9.10. The van der Waals surface area contributed by atoms with Crippen molar-refractivity contribution in [3.8, 4) is 33.8 Å². The molecule has 0 bridgehead atoms. The van der Waals surface area contributed by atoms with Crippen molar-refractivity contribution in [3.63, 3.8) is 0 Å². The maximum Gasteiger partial charge on any atom is 0.519 e. The summed E-state index contributed by atoms with van der Waals surface area (Å²) in [5.74, 6) is -0.0410. The summed E-state index contributed by atoms with van der Waals surface area (Å²) in [5, 5.41) is 31.3. The van der Waals surface area contributed by atoms with E-state index in [-0.39, 0.29) is 46.8 Å². The summed E-state index contributed by atoms with van der Waals surface area (Å²) >= 11 is 6.80. The third-order valence-electron chi connectivity index (χ3n) is 7.21. The first-order valence-electron chi connectivity index (χ1n) is 14.0. The fourth-order valence-electron chi connectivity index (χ4n) is 4.90. The summed E-state index contributed by atoms with van der Waals surface area (Å²) in [7, 11) is 0. The number of aromatic nitrogens is 2. The predicted octanol–water partition coefficient (Wildman–Crippen LogP) is 9.10. The van der Waals surface area contributed by atoms with Crippen LogP contribution in [-0.4, -0.2) is 26.3 Å². The van der Waals surface area contributed by atoms with Crippen molar-refractivity contribution >= 4 is 49.4 Å². The first kappa shape index (κ1) is 32.3. The fraction of sp³-hybridized carbons (Fsp3) is 0.0606. The SMILES string of the molecule is O=C(Oc1ccc([N+](=O)[O-])cc1Cc1nocc1-c1ccc(Br)cc1)Oc1ccc([N+](=O)[O-])cc1Cc1nocc1-c1ccc(Br)cc1. The van der Waals surface area contributed by atoms with Gasteiger partial charge in [-0.05, 0) is 47.5 Å². The van der Waals surface area contributed by atoms with Crippen LogP contribution in [0.15, 0.2) is 115 Å². The number of hydrogen-bond donors (Lipinski definition) is 0. The van der Waals surface area contributed by atoms with Gasteiger partial charge in [0, 0.05) is 68.3 Å². The molecule has 0 unspecified atom stereocenters. The Balaban J connectivity index is 1.27. The minimum absolute atomic E-state index is 0.0139. The van der Waals surface area contributed by atoms with Crippen molar-refractivity contribution in [2.24, 2.45) is 0 Å². The van der Waals surface area contributed by atoms with E-state index in [9.17, 15) is 25.0 Å². The normalized spacial score (nSPS) is 10.9. The number of hydrogen-bond acceptors (Lipinski definition) is 11. The van der Waals surface area contributed by atoms with Gasteiger partial charge in [-0.25, -0.2) is 4.79 Å². The summed E-state index contributed by atoms with van der Waals surface area (Å²) in [5.41, 5.74) is 3.84. The Morgan fingerprint density at radius 1 is 0.646 bits per heavy atom. The molecule has 0 radical (unpaired) electrons. The highest BCUT2D eigenvalue weighted by Crippen LogP contribution is 2.34. The quantitative estimate of drug-likeness (QED) is 0.0562. The molecule has 0 fully saturated rings. The van der Waals surface area contributed by atoms with Crippen LogP contribution in [0, 0.1) is 20.2 Å². The second-order valence-electron chi connectivity index (χ2n) is 10.3. The molecule has 240 valence electrons. The average molecular weight is 776 g/mol. The standard InChI is InChI=1S/C33H20Br2N4O9/c34-23-5-1-19(2-6-23)27-17-45-36-29(27)15-21-13-25(38(41)42)9-11-31(21)47-33(40)48-32-12-10-26(39(43)44)14-22(32)16-30-28(18-46-37-30)20-3-7-24(35)8-4-20/h1-14,17-18H,15-16H2. The fourth-order valence-corrected chi connectivity index (χ4v) is 5.43. The van der Waals surface area contributed by atoms with Crippen LogP contribution in [0.4, 0.5) is 16.2 Å². The lowest BCUT2D eigenvalue weighted by atomic mass is 10.0. The minimum Gasteiger partial charge on any atom is -0.394 e. The zero-order valence-corrected chi connectivity index (χ0v) is 27.5. The van der Waals surface area contributed by atoms with E-state index in [2.05, 4.69) is 42.2 Å². The van der Waals surface area contributed by atoms with E-state index in [0.717, 1.165) is 20.1 Å². The van der Waals surface area contributed by atoms with Gasteiger partial charge in [0.15, 0.2) is 0 Å². The van der Waals surface area contributed by atoms with Gasteiger partial charge in [0.1, 0.15) is 24.0 Å². The lowest BCUT2D eigenvalue weighted by molar-refractivity contribution is -0.385. The van der Waals surface area contributed by atoms with E-state index >= 15 is 0 Å². The number of halogens is 2. The Labute approximate surface area is 287 Å². The molecule has 13 nitrogen and oxygen atoms in total. The molecule has 4 aromatic carbocycles. The number of benzene rings is 4. The molecule has 0 aliphatic rings. The molecule has 2 aromatic heterocycles. The van der Waals surface area contributed by atoms with Crippen molar-refractivity contribution in [2.75, 3.05) is 0 Å². The number of non-ortho nitro benzene ring substituents is 2. The van der Waals surface area contributed by atoms with Crippen LogP contribution in [0.3, 0.4) is 0 Å². The molecular weight excluding hydrogens is 756 g/mol. The van der Waals surface area contributed by atoms with Gasteiger partial charge in [-0.15, -0.1) is 0 Å². The third-order valence-corrected chi connectivity index (χ3v) is 8.27. The molecule has 48 heavy (non-hydrogen) atoms. The van der Waals surface area contributed by atoms with Gasteiger partial charge in [0.25, 0.3) is 11.4 Å². The van der Waals surface area contributed by atoms with E-state index in [4.69, 9.17) is 18.5 Å². The lowest BCUT2D eigenvalue weighted by Gasteiger charge is -2.12. The first-order chi connectivity index (χ1) is 23.1. The van der Waals surface area contributed by atoms with Crippen molar-refractivity contribution in [3.05, 3.63) is 149 Å². The molecule has 0 atom stereocenters. The van der Waals surface area contributed by atoms with Crippen molar-refractivity contribution < 1.29 is 33.2 Å². The van der Waals surface area contributed by atoms with E-state index in [0.29, 0.717) is 22.5 Å². The first-order valence-corrected chi connectivity index (χ1v) is 15.6. The molecule has 6 aromatic rings. The molecule has 0 saturated heterocycles. The van der Waals surface area contributed by atoms with Crippen LogP contribution in [0.25, 0.3) is 22.3 Å². The molecule has 0 N–H and O–H groups in total. The van der Waals surface area contributed by atoms with Crippen LogP contribution in [0.5, 0.6) is 11.5 Å². The van der Waals surface area contributed by atoms with E-state index < -0.39 is 16.0 Å². The molecule has 15 heteroatoms. The predicted molar refractivity (Wildman–Crippen MR) is 178 cm³/mol. The molecule has 0 spiro atoms. The minimum atomic E-state index is -1.18.